The fourth-order valence-electron chi connectivity index (χ4n) is 3.89. The molecule has 1 heterocycles. The normalized spacial score (nSPS) is 24.2. The minimum Gasteiger partial charge on any atom is -0.494 e. The van der Waals surface area contributed by atoms with E-state index in [1.807, 2.05) is 31.2 Å². The van der Waals surface area contributed by atoms with Crippen molar-refractivity contribution in [3.8, 4) is 5.75 Å². The van der Waals surface area contributed by atoms with E-state index in [-0.39, 0.29) is 6.04 Å². The van der Waals surface area contributed by atoms with E-state index in [1.54, 1.807) is 0 Å². The van der Waals surface area contributed by atoms with Gasteiger partial charge >= 0.3 is 0 Å². The molecule has 2 aromatic rings. The molecule has 0 bridgehead atoms. The summed E-state index contributed by atoms with van der Waals surface area (Å²) in [5, 5.41) is 5.04. The minimum absolute atomic E-state index is 0.229. The highest BCUT2D eigenvalue weighted by atomic mass is 35.5. The summed E-state index contributed by atoms with van der Waals surface area (Å²) in [6.45, 7) is 2.68. The van der Waals surface area contributed by atoms with Crippen LogP contribution in [0.2, 0.25) is 10.0 Å². The maximum absolute atomic E-state index is 6.47. The Hall–Kier alpha value is -1.64. The second kappa shape index (κ2) is 6.34. The molecular weight excluding hydrogens is 341 g/mol. The van der Waals surface area contributed by atoms with Gasteiger partial charge in [-0.25, -0.2) is 0 Å². The molecule has 0 amide bonds. The number of benzene rings is 2. The number of allylic oxidation sites excluding steroid dienone is 2. The number of fused-ring (bicyclic) bond motifs is 3. The lowest BCUT2D eigenvalue weighted by atomic mass is 9.77. The van der Waals surface area contributed by atoms with Crippen LogP contribution in [-0.4, -0.2) is 6.61 Å². The third-order valence-electron chi connectivity index (χ3n) is 4.94. The Kier molecular flexibility index (Phi) is 4.19. The SMILES string of the molecule is CCOc1ccc([C@@H]2Nc3c(Cl)cc(Cl)cc3[C@@H]3C=CC[C@@H]32)cc1. The van der Waals surface area contributed by atoms with Crippen molar-refractivity contribution in [2.75, 3.05) is 11.9 Å². The van der Waals surface area contributed by atoms with Crippen LogP contribution in [-0.2, 0) is 0 Å². The van der Waals surface area contributed by atoms with Crippen molar-refractivity contribution in [1.82, 2.24) is 0 Å². The Morgan fingerprint density at radius 3 is 2.71 bits per heavy atom. The van der Waals surface area contributed by atoms with E-state index in [9.17, 15) is 0 Å². The molecule has 1 aliphatic heterocycles. The molecule has 3 atom stereocenters. The fraction of sp³-hybridized carbons (Fsp3) is 0.300. The van der Waals surface area contributed by atoms with Gasteiger partial charge in [0, 0.05) is 10.9 Å². The molecule has 1 N–H and O–H groups in total. The second-order valence-corrected chi connectivity index (χ2v) is 7.17. The van der Waals surface area contributed by atoms with Gasteiger partial charge in [0.2, 0.25) is 0 Å². The van der Waals surface area contributed by atoms with E-state index in [4.69, 9.17) is 27.9 Å². The number of rotatable bonds is 3. The van der Waals surface area contributed by atoms with Gasteiger partial charge in [-0.15, -0.1) is 0 Å². The standard InChI is InChI=1S/C20H19Cl2NO/c1-2-24-14-8-6-12(7-9-14)19-16-5-3-4-15(16)17-10-13(21)11-18(22)20(17)23-19/h3-4,6-11,15-16,19,23H,2,5H2,1H3/t15-,16+,19+/m1/s1. The molecule has 0 saturated heterocycles. The Balaban J connectivity index is 1.72. The van der Waals surface area contributed by atoms with Gasteiger partial charge in [0.25, 0.3) is 0 Å². The number of halogens is 2. The van der Waals surface area contributed by atoms with E-state index in [0.29, 0.717) is 28.5 Å². The molecule has 0 radical (unpaired) electrons. The number of nitrogens with one attached hydrogen (secondary N) is 1. The summed E-state index contributed by atoms with van der Waals surface area (Å²) < 4.78 is 5.55. The molecule has 0 spiro atoms. The summed E-state index contributed by atoms with van der Waals surface area (Å²) in [6, 6.07) is 12.4. The molecule has 0 fully saturated rings. The van der Waals surface area contributed by atoms with Gasteiger partial charge in [-0.1, -0.05) is 47.5 Å². The van der Waals surface area contributed by atoms with E-state index in [0.717, 1.165) is 17.9 Å². The molecule has 2 aliphatic rings. The summed E-state index contributed by atoms with van der Waals surface area (Å²) in [5.74, 6) is 1.74. The molecule has 4 heteroatoms. The summed E-state index contributed by atoms with van der Waals surface area (Å²) in [7, 11) is 0. The van der Waals surface area contributed by atoms with E-state index in [2.05, 4.69) is 29.6 Å². The minimum atomic E-state index is 0.229. The van der Waals surface area contributed by atoms with Gasteiger partial charge in [-0.05, 0) is 54.7 Å². The number of hydrogen-bond acceptors (Lipinski definition) is 2. The van der Waals surface area contributed by atoms with Gasteiger partial charge < -0.3 is 10.1 Å². The molecule has 4 rings (SSSR count). The third-order valence-corrected chi connectivity index (χ3v) is 5.45. The average Bonchev–Trinajstić information content (AvgIpc) is 3.05. The third kappa shape index (κ3) is 2.68. The first kappa shape index (κ1) is 15.9. The van der Waals surface area contributed by atoms with Crippen LogP contribution < -0.4 is 10.1 Å². The summed E-state index contributed by atoms with van der Waals surface area (Å²) in [6.07, 6.45) is 5.61. The lowest BCUT2D eigenvalue weighted by molar-refractivity contribution is 0.340. The molecule has 24 heavy (non-hydrogen) atoms. The summed E-state index contributed by atoms with van der Waals surface area (Å²) in [5.41, 5.74) is 3.47. The Bertz CT molecular complexity index is 785. The molecule has 0 saturated carbocycles. The van der Waals surface area contributed by atoms with Crippen molar-refractivity contribution in [1.29, 1.82) is 0 Å². The Morgan fingerprint density at radius 1 is 1.17 bits per heavy atom. The van der Waals surface area contributed by atoms with Gasteiger partial charge in [0.1, 0.15) is 5.75 Å². The van der Waals surface area contributed by atoms with Crippen LogP contribution in [0.4, 0.5) is 5.69 Å². The van der Waals surface area contributed by atoms with Gasteiger partial charge in [-0.3, -0.25) is 0 Å². The van der Waals surface area contributed by atoms with Crippen molar-refractivity contribution in [3.63, 3.8) is 0 Å². The van der Waals surface area contributed by atoms with Crippen LogP contribution in [0.5, 0.6) is 5.75 Å². The van der Waals surface area contributed by atoms with E-state index >= 15 is 0 Å². The topological polar surface area (TPSA) is 21.3 Å². The number of anilines is 1. The first-order chi connectivity index (χ1) is 11.7. The van der Waals surface area contributed by atoms with Crippen molar-refractivity contribution in [2.24, 2.45) is 5.92 Å². The molecule has 1 aliphatic carbocycles. The zero-order valence-electron chi connectivity index (χ0n) is 13.4. The van der Waals surface area contributed by atoms with Crippen LogP contribution in [0.1, 0.15) is 36.4 Å². The maximum Gasteiger partial charge on any atom is 0.119 e. The number of ether oxygens (including phenoxy) is 1. The molecule has 2 nitrogen and oxygen atoms in total. The zero-order chi connectivity index (χ0) is 16.7. The maximum atomic E-state index is 6.47. The van der Waals surface area contributed by atoms with Gasteiger partial charge in [-0.2, -0.15) is 0 Å². The van der Waals surface area contributed by atoms with Gasteiger partial charge in [0.05, 0.1) is 23.4 Å². The largest absolute Gasteiger partial charge is 0.494 e. The molecule has 0 aromatic heterocycles. The quantitative estimate of drug-likeness (QED) is 0.656. The molecule has 124 valence electrons. The van der Waals surface area contributed by atoms with Crippen molar-refractivity contribution < 1.29 is 4.74 Å². The Labute approximate surface area is 152 Å². The average molecular weight is 360 g/mol. The zero-order valence-corrected chi connectivity index (χ0v) is 14.9. The first-order valence-corrected chi connectivity index (χ1v) is 9.08. The monoisotopic (exact) mass is 359 g/mol. The van der Waals surface area contributed by atoms with Crippen LogP contribution in [0.25, 0.3) is 0 Å². The van der Waals surface area contributed by atoms with E-state index in [1.165, 1.54) is 11.1 Å². The highest BCUT2D eigenvalue weighted by Gasteiger charge is 2.38. The number of hydrogen-bond donors (Lipinski definition) is 1. The van der Waals surface area contributed by atoms with Crippen molar-refractivity contribution in [3.05, 3.63) is 69.7 Å². The van der Waals surface area contributed by atoms with Crippen LogP contribution in [0, 0.1) is 5.92 Å². The van der Waals surface area contributed by atoms with Crippen molar-refractivity contribution >= 4 is 28.9 Å². The van der Waals surface area contributed by atoms with Gasteiger partial charge in [0.15, 0.2) is 0 Å². The fourth-order valence-corrected chi connectivity index (χ4v) is 4.45. The summed E-state index contributed by atoms with van der Waals surface area (Å²) in [4.78, 5) is 0. The van der Waals surface area contributed by atoms with Crippen molar-refractivity contribution in [2.45, 2.75) is 25.3 Å². The van der Waals surface area contributed by atoms with Crippen LogP contribution in [0.15, 0.2) is 48.6 Å². The summed E-state index contributed by atoms with van der Waals surface area (Å²) >= 11 is 12.7. The highest BCUT2D eigenvalue weighted by Crippen LogP contribution is 2.52. The first-order valence-electron chi connectivity index (χ1n) is 8.32. The Morgan fingerprint density at radius 2 is 1.96 bits per heavy atom. The predicted molar refractivity (Wildman–Crippen MR) is 100 cm³/mol. The highest BCUT2D eigenvalue weighted by molar-refractivity contribution is 6.36. The van der Waals surface area contributed by atoms with E-state index < -0.39 is 0 Å². The smallest absolute Gasteiger partial charge is 0.119 e. The second-order valence-electron chi connectivity index (χ2n) is 6.33. The van der Waals surface area contributed by atoms with Crippen LogP contribution >= 0.6 is 23.2 Å². The van der Waals surface area contributed by atoms with Crippen LogP contribution in [0.3, 0.4) is 0 Å². The predicted octanol–water partition coefficient (Wildman–Crippen LogP) is 6.22. The lowest BCUT2D eigenvalue weighted by Gasteiger charge is -2.38. The molecule has 0 unspecified atom stereocenters. The molecular formula is C20H19Cl2NO. The lowest BCUT2D eigenvalue weighted by Crippen LogP contribution is -2.29. The molecule has 2 aromatic carbocycles.